The monoisotopic (exact) mass is 695 g/mol. The number of aliphatic hydroxyl groups is 1. The molecule has 0 unspecified atom stereocenters. The molecule has 3 aromatic rings. The van der Waals surface area contributed by atoms with Crippen LogP contribution in [0.1, 0.15) is 54.4 Å². The summed E-state index contributed by atoms with van der Waals surface area (Å²) in [5.74, 6) is -3.42. The van der Waals surface area contributed by atoms with Crippen LogP contribution >= 0.6 is 0 Å². The Morgan fingerprint density at radius 1 is 1.12 bits per heavy atom. The summed E-state index contributed by atoms with van der Waals surface area (Å²) in [7, 11) is -3.52. The Bertz CT molecular complexity index is 1890. The molecule has 4 rings (SSSR count). The van der Waals surface area contributed by atoms with Crippen molar-refractivity contribution in [1.29, 1.82) is 0 Å². The predicted octanol–water partition coefficient (Wildman–Crippen LogP) is 5.65. The molecule has 258 valence electrons. The van der Waals surface area contributed by atoms with E-state index < -0.39 is 80.1 Å². The van der Waals surface area contributed by atoms with Crippen LogP contribution < -0.4 is 10.1 Å². The van der Waals surface area contributed by atoms with Crippen LogP contribution in [0, 0.1) is 19.8 Å². The number of aryl methyl sites for hydroxylation is 1. The number of β-amino-alcohol motifs (C(OH)–C–C–N with tert-alkyl or cyclic N) is 1. The van der Waals surface area contributed by atoms with Gasteiger partial charge in [0.15, 0.2) is 5.75 Å². The number of ether oxygens (including phenoxy) is 2. The zero-order valence-electron chi connectivity index (χ0n) is 26.7. The molecule has 1 aromatic carbocycles. The van der Waals surface area contributed by atoms with Crippen molar-refractivity contribution in [3.8, 4) is 11.6 Å². The van der Waals surface area contributed by atoms with E-state index in [-0.39, 0.29) is 35.0 Å². The molecule has 12 nitrogen and oxygen atoms in total. The summed E-state index contributed by atoms with van der Waals surface area (Å²) in [6.07, 6.45) is -5.26. The fourth-order valence-corrected chi connectivity index (χ4v) is 6.05. The summed E-state index contributed by atoms with van der Waals surface area (Å²) in [5.41, 5.74) is -3.16. The van der Waals surface area contributed by atoms with Crippen LogP contribution in [0.5, 0.6) is 11.6 Å². The average Bonchev–Trinajstić information content (AvgIpc) is 3.35. The Labute approximate surface area is 273 Å². The SMILES string of the molecule is Cc1nc(F)ccc1Oc1ncc(C(F)(F)F)c(C)c1C(=O)Nc1cccc([S@@](C)(=O)=NC(=O)[C@@H]2C[C@@H](O)CN2C(=O)OC(C)(C)C)c1. The fourth-order valence-electron chi connectivity index (χ4n) is 4.80. The topological polar surface area (TPSA) is 160 Å². The summed E-state index contributed by atoms with van der Waals surface area (Å²) in [6.45, 7) is 7.15. The molecule has 17 heteroatoms. The molecule has 0 radical (unpaired) electrons. The predicted molar refractivity (Wildman–Crippen MR) is 164 cm³/mol. The van der Waals surface area contributed by atoms with Gasteiger partial charge in [0.25, 0.3) is 11.8 Å². The zero-order chi connectivity index (χ0) is 35.8. The van der Waals surface area contributed by atoms with Gasteiger partial charge in [-0.3, -0.25) is 14.5 Å². The van der Waals surface area contributed by atoms with Crippen molar-refractivity contribution in [2.75, 3.05) is 18.1 Å². The number of aromatic nitrogens is 2. The van der Waals surface area contributed by atoms with Gasteiger partial charge in [0.2, 0.25) is 11.8 Å². The van der Waals surface area contributed by atoms with Crippen LogP contribution in [0.4, 0.5) is 28.0 Å². The number of alkyl halides is 3. The van der Waals surface area contributed by atoms with E-state index in [4.69, 9.17) is 9.47 Å². The van der Waals surface area contributed by atoms with Gasteiger partial charge in [0.05, 0.1) is 33.6 Å². The number of pyridine rings is 2. The van der Waals surface area contributed by atoms with Crippen LogP contribution in [0.3, 0.4) is 0 Å². The first-order valence-corrected chi connectivity index (χ1v) is 16.3. The lowest BCUT2D eigenvalue weighted by Gasteiger charge is -2.27. The van der Waals surface area contributed by atoms with Gasteiger partial charge in [-0.15, -0.1) is 0 Å². The Hall–Kier alpha value is -4.64. The van der Waals surface area contributed by atoms with E-state index in [2.05, 4.69) is 19.6 Å². The normalized spacial score (nSPS) is 17.8. The summed E-state index contributed by atoms with van der Waals surface area (Å²) in [6, 6.07) is 6.22. The molecule has 0 spiro atoms. The van der Waals surface area contributed by atoms with Gasteiger partial charge in [0.1, 0.15) is 17.2 Å². The van der Waals surface area contributed by atoms with E-state index in [0.29, 0.717) is 6.20 Å². The molecular formula is C31H33F4N5O7S. The lowest BCUT2D eigenvalue weighted by atomic mass is 10.0. The highest BCUT2D eigenvalue weighted by Crippen LogP contribution is 2.37. The van der Waals surface area contributed by atoms with Crippen molar-refractivity contribution in [1.82, 2.24) is 14.9 Å². The first-order chi connectivity index (χ1) is 22.2. The summed E-state index contributed by atoms with van der Waals surface area (Å²) >= 11 is 0. The minimum Gasteiger partial charge on any atom is -0.444 e. The lowest BCUT2D eigenvalue weighted by Crippen LogP contribution is -2.43. The molecule has 0 aliphatic carbocycles. The van der Waals surface area contributed by atoms with Crippen LogP contribution in [-0.2, 0) is 25.4 Å². The smallest absolute Gasteiger partial charge is 0.418 e. The van der Waals surface area contributed by atoms with Crippen molar-refractivity contribution in [2.45, 2.75) is 69.9 Å². The number of benzene rings is 1. The number of rotatable bonds is 6. The third kappa shape index (κ3) is 8.44. The molecule has 0 bridgehead atoms. The second kappa shape index (κ2) is 13.5. The largest absolute Gasteiger partial charge is 0.444 e. The van der Waals surface area contributed by atoms with Gasteiger partial charge in [-0.25, -0.2) is 19.0 Å². The average molecular weight is 696 g/mol. The van der Waals surface area contributed by atoms with Gasteiger partial charge in [0, 0.05) is 29.5 Å². The molecule has 1 saturated heterocycles. The number of anilines is 1. The van der Waals surface area contributed by atoms with Crippen molar-refractivity contribution in [2.24, 2.45) is 4.36 Å². The second-order valence-corrected chi connectivity index (χ2v) is 14.3. The number of hydrogen-bond donors (Lipinski definition) is 2. The highest BCUT2D eigenvalue weighted by Gasteiger charge is 2.41. The maximum absolute atomic E-state index is 13.8. The highest BCUT2D eigenvalue weighted by atomic mass is 32.2. The van der Waals surface area contributed by atoms with Gasteiger partial charge >= 0.3 is 12.3 Å². The van der Waals surface area contributed by atoms with Gasteiger partial charge < -0.3 is 19.9 Å². The second-order valence-electron chi connectivity index (χ2n) is 12.0. The molecule has 1 fully saturated rings. The molecule has 48 heavy (non-hydrogen) atoms. The quantitative estimate of drug-likeness (QED) is 0.245. The fraction of sp³-hybridized carbons (Fsp3) is 0.387. The maximum Gasteiger partial charge on any atom is 0.418 e. The van der Waals surface area contributed by atoms with Crippen molar-refractivity contribution >= 4 is 33.3 Å². The number of halogens is 4. The highest BCUT2D eigenvalue weighted by molar-refractivity contribution is 7.93. The van der Waals surface area contributed by atoms with E-state index >= 15 is 0 Å². The summed E-state index contributed by atoms with van der Waals surface area (Å²) < 4.78 is 83.3. The molecular weight excluding hydrogens is 662 g/mol. The first kappa shape index (κ1) is 36.2. The molecule has 2 N–H and O–H groups in total. The Balaban J connectivity index is 1.65. The minimum atomic E-state index is -4.87. The number of nitrogens with zero attached hydrogens (tertiary/aromatic N) is 4. The van der Waals surface area contributed by atoms with Crippen LogP contribution in [0.2, 0.25) is 0 Å². The molecule has 3 heterocycles. The third-order valence-corrected chi connectivity index (χ3v) is 8.69. The molecule has 3 amide bonds. The number of hydrogen-bond acceptors (Lipinski definition) is 9. The standard InChI is InChI=1S/C31H33F4N5O7S/c1-16-21(31(33,34)35)14-36-28(46-23-10-11-24(32)37-17(23)2)25(16)27(43)38-18-8-7-9-20(12-18)48(6,45)39-26(42)22-13-19(41)15-40(22)29(44)47-30(3,4)5/h7-12,14,19,22,41H,13,15H2,1-6H3,(H,38,43)/t19-,22+,48-/m1/s1. The summed E-state index contributed by atoms with van der Waals surface area (Å²) in [4.78, 5) is 47.7. The number of likely N-dealkylation sites (tertiary alicyclic amines) is 1. The zero-order valence-corrected chi connectivity index (χ0v) is 27.5. The summed E-state index contributed by atoms with van der Waals surface area (Å²) in [5, 5.41) is 12.6. The van der Waals surface area contributed by atoms with Crippen molar-refractivity contribution < 1.29 is 50.7 Å². The van der Waals surface area contributed by atoms with Crippen LogP contribution in [0.15, 0.2) is 51.9 Å². The molecule has 0 saturated carbocycles. The van der Waals surface area contributed by atoms with Crippen LogP contribution in [-0.4, -0.2) is 72.6 Å². The minimum absolute atomic E-state index is 0.0243. The maximum atomic E-state index is 13.8. The third-order valence-electron chi connectivity index (χ3n) is 7.03. The molecule has 1 aliphatic rings. The number of carbonyl (C=O) groups is 3. The van der Waals surface area contributed by atoms with E-state index in [0.717, 1.165) is 24.1 Å². The first-order valence-electron chi connectivity index (χ1n) is 14.4. The Morgan fingerprint density at radius 3 is 2.44 bits per heavy atom. The van der Waals surface area contributed by atoms with Gasteiger partial charge in [-0.2, -0.15) is 21.9 Å². The molecule has 1 aliphatic heterocycles. The number of nitrogens with one attached hydrogen (secondary N) is 1. The van der Waals surface area contributed by atoms with E-state index in [9.17, 15) is 41.3 Å². The van der Waals surface area contributed by atoms with E-state index in [1.165, 1.54) is 37.3 Å². The van der Waals surface area contributed by atoms with Crippen LogP contribution in [0.25, 0.3) is 0 Å². The van der Waals surface area contributed by atoms with Gasteiger partial charge in [-0.1, -0.05) is 6.07 Å². The molecule has 3 atom stereocenters. The Morgan fingerprint density at radius 2 is 1.81 bits per heavy atom. The molecule has 2 aromatic heterocycles. The number of amides is 3. The Kier molecular flexibility index (Phi) is 10.2. The van der Waals surface area contributed by atoms with E-state index in [1.807, 2.05) is 0 Å². The lowest BCUT2D eigenvalue weighted by molar-refractivity contribution is -0.138. The number of carbonyl (C=O) groups excluding carboxylic acids is 3. The van der Waals surface area contributed by atoms with Crippen molar-refractivity contribution in [3.63, 3.8) is 0 Å². The van der Waals surface area contributed by atoms with Crippen molar-refractivity contribution in [3.05, 3.63) is 70.9 Å². The van der Waals surface area contributed by atoms with Gasteiger partial charge in [-0.05, 0) is 70.5 Å². The van der Waals surface area contributed by atoms with E-state index in [1.54, 1.807) is 20.8 Å². The number of aliphatic hydroxyl groups excluding tert-OH is 1.